The van der Waals surface area contributed by atoms with Crippen molar-refractivity contribution in [3.8, 4) is 10.8 Å². The number of imidazole rings is 1. The zero-order valence-corrected chi connectivity index (χ0v) is 17.0. The number of aryl methyl sites for hydroxylation is 4. The lowest BCUT2D eigenvalue weighted by molar-refractivity contribution is 0.0956. The van der Waals surface area contributed by atoms with Gasteiger partial charge in [-0.05, 0) is 51.5 Å². The third-order valence-electron chi connectivity index (χ3n) is 4.64. The number of para-hydroxylation sites is 2. The molecule has 4 aromatic rings. The van der Waals surface area contributed by atoms with Crippen molar-refractivity contribution in [3.05, 3.63) is 58.6 Å². The topological polar surface area (TPSA) is 73.0 Å². The van der Waals surface area contributed by atoms with Gasteiger partial charge in [0.15, 0.2) is 10.8 Å². The number of thiazole rings is 1. The number of hydrogen-bond donors (Lipinski definition) is 1. The van der Waals surface area contributed by atoms with Crippen molar-refractivity contribution in [2.75, 3.05) is 6.54 Å². The minimum absolute atomic E-state index is 0.0864. The second-order valence-electron chi connectivity index (χ2n) is 6.75. The molecule has 0 unspecified atom stereocenters. The van der Waals surface area contributed by atoms with E-state index in [2.05, 4.69) is 25.9 Å². The van der Waals surface area contributed by atoms with Crippen LogP contribution in [0.3, 0.4) is 0 Å². The molecule has 0 saturated heterocycles. The number of hydrogen-bond acceptors (Lipinski definition) is 5. The van der Waals surface area contributed by atoms with Crippen LogP contribution in [0.2, 0.25) is 0 Å². The maximum atomic E-state index is 12.6. The molecule has 1 aromatic carbocycles. The van der Waals surface area contributed by atoms with Gasteiger partial charge in [0.05, 0.1) is 16.7 Å². The van der Waals surface area contributed by atoms with E-state index < -0.39 is 0 Å². The van der Waals surface area contributed by atoms with E-state index in [1.807, 2.05) is 51.1 Å². The van der Waals surface area contributed by atoms with Crippen molar-refractivity contribution in [3.63, 3.8) is 0 Å². The van der Waals surface area contributed by atoms with Gasteiger partial charge in [-0.3, -0.25) is 4.79 Å². The Morgan fingerprint density at radius 3 is 2.75 bits per heavy atom. The highest BCUT2D eigenvalue weighted by molar-refractivity contribution is 7.17. The summed E-state index contributed by atoms with van der Waals surface area (Å²) >= 11 is 1.36. The minimum Gasteiger partial charge on any atom is -0.459 e. The molecule has 0 aliphatic rings. The van der Waals surface area contributed by atoms with Crippen molar-refractivity contribution < 1.29 is 9.21 Å². The third-order valence-corrected chi connectivity index (χ3v) is 5.81. The molecule has 6 nitrogen and oxygen atoms in total. The zero-order valence-electron chi connectivity index (χ0n) is 16.2. The summed E-state index contributed by atoms with van der Waals surface area (Å²) in [6, 6.07) is 11.9. The molecule has 0 radical (unpaired) electrons. The first-order chi connectivity index (χ1) is 13.5. The maximum Gasteiger partial charge on any atom is 0.263 e. The van der Waals surface area contributed by atoms with E-state index in [4.69, 9.17) is 4.42 Å². The SMILES string of the molecule is Cc1ccc(-c2nc(C)c(C(=O)NCCCn3c(C)nc4ccccc43)s2)o1. The lowest BCUT2D eigenvalue weighted by Gasteiger charge is -2.08. The number of nitrogens with one attached hydrogen (secondary N) is 1. The summed E-state index contributed by atoms with van der Waals surface area (Å²) in [6.45, 7) is 7.16. The number of benzene rings is 1. The number of nitrogens with zero attached hydrogens (tertiary/aromatic N) is 3. The first-order valence-electron chi connectivity index (χ1n) is 9.27. The Balaban J connectivity index is 1.37. The molecule has 3 heterocycles. The number of aromatic nitrogens is 3. The van der Waals surface area contributed by atoms with Gasteiger partial charge in [0.1, 0.15) is 16.5 Å². The first-order valence-corrected chi connectivity index (χ1v) is 10.1. The average molecular weight is 395 g/mol. The second kappa shape index (κ2) is 7.59. The Hall–Kier alpha value is -2.93. The van der Waals surface area contributed by atoms with Gasteiger partial charge in [-0.15, -0.1) is 11.3 Å². The molecule has 7 heteroatoms. The smallest absolute Gasteiger partial charge is 0.263 e. The highest BCUT2D eigenvalue weighted by atomic mass is 32.1. The van der Waals surface area contributed by atoms with Gasteiger partial charge in [0.2, 0.25) is 0 Å². The van der Waals surface area contributed by atoms with E-state index in [0.29, 0.717) is 17.2 Å². The van der Waals surface area contributed by atoms with Crippen LogP contribution >= 0.6 is 11.3 Å². The summed E-state index contributed by atoms with van der Waals surface area (Å²) in [6.07, 6.45) is 0.828. The van der Waals surface area contributed by atoms with Gasteiger partial charge in [-0.25, -0.2) is 9.97 Å². The molecule has 0 fully saturated rings. The number of fused-ring (bicyclic) bond motifs is 1. The number of carbonyl (C=O) groups is 1. The molecule has 144 valence electrons. The van der Waals surface area contributed by atoms with Crippen LogP contribution in [0.4, 0.5) is 0 Å². The molecule has 0 spiro atoms. The highest BCUT2D eigenvalue weighted by Gasteiger charge is 2.17. The first kappa shape index (κ1) is 18.4. The lowest BCUT2D eigenvalue weighted by Crippen LogP contribution is -2.25. The summed E-state index contributed by atoms with van der Waals surface area (Å²) in [5.41, 5.74) is 2.86. The van der Waals surface area contributed by atoms with Crippen LogP contribution in [0.25, 0.3) is 21.8 Å². The Morgan fingerprint density at radius 2 is 1.96 bits per heavy atom. The summed E-state index contributed by atoms with van der Waals surface area (Å²) < 4.78 is 7.80. The largest absolute Gasteiger partial charge is 0.459 e. The molecule has 3 aromatic heterocycles. The summed E-state index contributed by atoms with van der Waals surface area (Å²) in [4.78, 5) is 22.3. The fraction of sp³-hybridized carbons (Fsp3) is 0.286. The molecule has 0 aliphatic carbocycles. The van der Waals surface area contributed by atoms with Crippen molar-refractivity contribution in [2.24, 2.45) is 0 Å². The van der Waals surface area contributed by atoms with Crippen LogP contribution < -0.4 is 5.32 Å². The Kier molecular flexibility index (Phi) is 5.00. The fourth-order valence-electron chi connectivity index (χ4n) is 3.26. The fourth-order valence-corrected chi connectivity index (χ4v) is 4.20. The molecule has 28 heavy (non-hydrogen) atoms. The molecule has 0 saturated carbocycles. The van der Waals surface area contributed by atoms with Crippen LogP contribution in [-0.2, 0) is 6.54 Å². The summed E-state index contributed by atoms with van der Waals surface area (Å²) in [7, 11) is 0. The Morgan fingerprint density at radius 1 is 1.14 bits per heavy atom. The molecule has 1 N–H and O–H groups in total. The van der Waals surface area contributed by atoms with Crippen molar-refractivity contribution >= 4 is 28.3 Å². The van der Waals surface area contributed by atoms with E-state index in [9.17, 15) is 4.79 Å². The lowest BCUT2D eigenvalue weighted by atomic mass is 10.3. The zero-order chi connectivity index (χ0) is 19.7. The number of amides is 1. The van der Waals surface area contributed by atoms with E-state index in [1.54, 1.807) is 0 Å². The molecular formula is C21H22N4O2S. The molecule has 0 bridgehead atoms. The van der Waals surface area contributed by atoms with Crippen LogP contribution in [-0.4, -0.2) is 27.0 Å². The van der Waals surface area contributed by atoms with Crippen molar-refractivity contribution in [1.29, 1.82) is 0 Å². The third kappa shape index (κ3) is 3.57. The Bertz CT molecular complexity index is 1140. The van der Waals surface area contributed by atoms with Gasteiger partial charge in [-0.1, -0.05) is 12.1 Å². The van der Waals surface area contributed by atoms with E-state index >= 15 is 0 Å². The van der Waals surface area contributed by atoms with E-state index in [0.717, 1.165) is 46.3 Å². The normalized spacial score (nSPS) is 11.2. The van der Waals surface area contributed by atoms with Crippen LogP contribution in [0, 0.1) is 20.8 Å². The minimum atomic E-state index is -0.0864. The van der Waals surface area contributed by atoms with Crippen molar-refractivity contribution in [2.45, 2.75) is 33.7 Å². The highest BCUT2D eigenvalue weighted by Crippen LogP contribution is 2.29. The second-order valence-corrected chi connectivity index (χ2v) is 7.75. The van der Waals surface area contributed by atoms with Crippen LogP contribution in [0.15, 0.2) is 40.8 Å². The molecule has 4 rings (SSSR count). The van der Waals surface area contributed by atoms with Gasteiger partial charge in [-0.2, -0.15) is 0 Å². The number of carbonyl (C=O) groups excluding carboxylic acids is 1. The van der Waals surface area contributed by atoms with Crippen LogP contribution in [0.5, 0.6) is 0 Å². The van der Waals surface area contributed by atoms with E-state index in [-0.39, 0.29) is 5.91 Å². The number of furan rings is 1. The predicted octanol–water partition coefficient (Wildman–Crippen LogP) is 4.50. The quantitative estimate of drug-likeness (QED) is 0.489. The standard InChI is InChI=1S/C21H22N4O2S/c1-13-9-10-18(27-13)21-23-14(2)19(28-21)20(26)22-11-6-12-25-15(3)24-16-7-4-5-8-17(16)25/h4-5,7-10H,6,11-12H2,1-3H3,(H,22,26). The van der Waals surface area contributed by atoms with Gasteiger partial charge in [0.25, 0.3) is 5.91 Å². The van der Waals surface area contributed by atoms with Crippen molar-refractivity contribution in [1.82, 2.24) is 19.9 Å². The molecule has 1 amide bonds. The summed E-state index contributed by atoms with van der Waals surface area (Å²) in [5.74, 6) is 2.43. The van der Waals surface area contributed by atoms with E-state index in [1.165, 1.54) is 11.3 Å². The van der Waals surface area contributed by atoms with Gasteiger partial charge >= 0.3 is 0 Å². The van der Waals surface area contributed by atoms with Crippen LogP contribution in [0.1, 0.15) is 33.4 Å². The molecular weight excluding hydrogens is 372 g/mol. The number of rotatable bonds is 6. The summed E-state index contributed by atoms with van der Waals surface area (Å²) in [5, 5.41) is 3.74. The molecule has 0 atom stereocenters. The van der Waals surface area contributed by atoms with Gasteiger partial charge < -0.3 is 14.3 Å². The predicted molar refractivity (Wildman–Crippen MR) is 111 cm³/mol. The average Bonchev–Trinajstić information content (AvgIpc) is 3.35. The monoisotopic (exact) mass is 394 g/mol. The maximum absolute atomic E-state index is 12.6. The Labute approximate surface area is 167 Å². The van der Waals surface area contributed by atoms with Gasteiger partial charge in [0, 0.05) is 13.1 Å². The molecule has 0 aliphatic heterocycles.